The molecule has 108 valence electrons. The van der Waals surface area contributed by atoms with Crippen molar-refractivity contribution >= 4 is 11.8 Å². The van der Waals surface area contributed by atoms with E-state index in [1.807, 2.05) is 6.26 Å². The van der Waals surface area contributed by atoms with Crippen LogP contribution in [-0.2, 0) is 6.42 Å². The first-order chi connectivity index (χ1) is 9.58. The van der Waals surface area contributed by atoms with Gasteiger partial charge >= 0.3 is 0 Å². The van der Waals surface area contributed by atoms with Crippen LogP contribution in [0.1, 0.15) is 29.7 Å². The highest BCUT2D eigenvalue weighted by atomic mass is 32.2. The number of nitrogens with two attached hydrogens (primary N) is 1. The van der Waals surface area contributed by atoms with E-state index in [4.69, 9.17) is 10.3 Å². The Morgan fingerprint density at radius 1 is 1.30 bits per heavy atom. The van der Waals surface area contributed by atoms with E-state index >= 15 is 0 Å². The van der Waals surface area contributed by atoms with Gasteiger partial charge in [0.15, 0.2) is 5.82 Å². The Morgan fingerprint density at radius 2 is 2.00 bits per heavy atom. The number of rotatable bonds is 6. The van der Waals surface area contributed by atoms with Crippen LogP contribution in [0.15, 0.2) is 22.7 Å². The first-order valence-electron chi connectivity index (χ1n) is 6.10. The van der Waals surface area contributed by atoms with Crippen molar-refractivity contribution in [3.05, 3.63) is 47.1 Å². The summed E-state index contributed by atoms with van der Waals surface area (Å²) in [5.41, 5.74) is 6.36. The minimum absolute atomic E-state index is 0.202. The van der Waals surface area contributed by atoms with Gasteiger partial charge in [0, 0.05) is 12.5 Å². The molecule has 0 saturated heterocycles. The highest BCUT2D eigenvalue weighted by Gasteiger charge is 2.15. The molecule has 20 heavy (non-hydrogen) atoms. The molecule has 0 saturated carbocycles. The molecular formula is C13H15F2N3OS. The van der Waals surface area contributed by atoms with Crippen LogP contribution in [0.5, 0.6) is 0 Å². The summed E-state index contributed by atoms with van der Waals surface area (Å²) in [6.07, 6.45) is 2.93. The van der Waals surface area contributed by atoms with E-state index in [2.05, 4.69) is 10.1 Å². The molecule has 0 bridgehead atoms. The fourth-order valence-corrected chi connectivity index (χ4v) is 2.24. The third kappa shape index (κ3) is 4.01. The average Bonchev–Trinajstić information content (AvgIpc) is 2.83. The first kappa shape index (κ1) is 14.9. The number of hydrogen-bond donors (Lipinski definition) is 1. The Bertz CT molecular complexity index is 556. The minimum Gasteiger partial charge on any atom is -0.338 e. The van der Waals surface area contributed by atoms with Gasteiger partial charge in [0.2, 0.25) is 5.89 Å². The van der Waals surface area contributed by atoms with Crippen molar-refractivity contribution in [2.24, 2.45) is 5.73 Å². The lowest BCUT2D eigenvalue weighted by atomic mass is 10.1. The molecule has 1 heterocycles. The van der Waals surface area contributed by atoms with Crippen molar-refractivity contribution in [1.29, 1.82) is 0 Å². The van der Waals surface area contributed by atoms with Gasteiger partial charge in [0.1, 0.15) is 11.6 Å². The zero-order chi connectivity index (χ0) is 14.5. The Labute approximate surface area is 119 Å². The van der Waals surface area contributed by atoms with Gasteiger partial charge in [-0.2, -0.15) is 16.7 Å². The van der Waals surface area contributed by atoms with E-state index in [-0.39, 0.29) is 12.5 Å². The molecule has 1 unspecified atom stereocenters. The molecule has 2 rings (SSSR count). The standard InChI is InChI=1S/C13H15F2N3OS/c1-20-3-2-11(16)13-17-12(18-19-13)6-8-4-9(14)7-10(15)5-8/h4-5,7,11H,2-3,6,16H2,1H3. The molecule has 2 N–H and O–H groups in total. The molecule has 2 aromatic rings. The Hall–Kier alpha value is -1.47. The third-order valence-corrected chi connectivity index (χ3v) is 3.36. The average molecular weight is 299 g/mol. The molecule has 0 radical (unpaired) electrons. The topological polar surface area (TPSA) is 64.9 Å². The predicted octanol–water partition coefficient (Wildman–Crippen LogP) is 2.69. The monoisotopic (exact) mass is 299 g/mol. The lowest BCUT2D eigenvalue weighted by molar-refractivity contribution is 0.349. The summed E-state index contributed by atoms with van der Waals surface area (Å²) in [6, 6.07) is 3.00. The van der Waals surface area contributed by atoms with Gasteiger partial charge in [-0.25, -0.2) is 8.78 Å². The van der Waals surface area contributed by atoms with Gasteiger partial charge in [-0.1, -0.05) is 5.16 Å². The van der Waals surface area contributed by atoms with E-state index < -0.39 is 11.6 Å². The Morgan fingerprint density at radius 3 is 2.65 bits per heavy atom. The Balaban J connectivity index is 2.05. The largest absolute Gasteiger partial charge is 0.338 e. The zero-order valence-corrected chi connectivity index (χ0v) is 11.8. The predicted molar refractivity (Wildman–Crippen MR) is 73.4 cm³/mol. The van der Waals surface area contributed by atoms with Crippen LogP contribution in [0.25, 0.3) is 0 Å². The van der Waals surface area contributed by atoms with Crippen molar-refractivity contribution in [2.75, 3.05) is 12.0 Å². The Kier molecular flexibility index (Phi) is 5.08. The first-order valence-corrected chi connectivity index (χ1v) is 7.50. The van der Waals surface area contributed by atoms with Crippen molar-refractivity contribution in [2.45, 2.75) is 18.9 Å². The summed E-state index contributed by atoms with van der Waals surface area (Å²) in [5.74, 6) is 0.366. The summed E-state index contributed by atoms with van der Waals surface area (Å²) in [5, 5.41) is 3.78. The van der Waals surface area contributed by atoms with Crippen LogP contribution in [-0.4, -0.2) is 22.1 Å². The van der Waals surface area contributed by atoms with E-state index in [1.54, 1.807) is 11.8 Å². The van der Waals surface area contributed by atoms with Gasteiger partial charge in [-0.15, -0.1) is 0 Å². The molecule has 0 aliphatic rings. The molecule has 0 spiro atoms. The minimum atomic E-state index is -0.625. The molecular weight excluding hydrogens is 284 g/mol. The zero-order valence-electron chi connectivity index (χ0n) is 11.0. The number of nitrogens with zero attached hydrogens (tertiary/aromatic N) is 2. The molecule has 0 fully saturated rings. The summed E-state index contributed by atoms with van der Waals surface area (Å²) in [6.45, 7) is 0. The third-order valence-electron chi connectivity index (χ3n) is 2.72. The van der Waals surface area contributed by atoms with Crippen LogP contribution < -0.4 is 5.73 Å². The fraction of sp³-hybridized carbons (Fsp3) is 0.385. The summed E-state index contributed by atoms with van der Waals surface area (Å²) in [4.78, 5) is 4.16. The van der Waals surface area contributed by atoms with E-state index in [9.17, 15) is 8.78 Å². The SMILES string of the molecule is CSCCC(N)c1nc(Cc2cc(F)cc(F)c2)no1. The molecule has 1 atom stereocenters. The van der Waals surface area contributed by atoms with Crippen molar-refractivity contribution in [3.63, 3.8) is 0 Å². The second kappa shape index (κ2) is 6.81. The van der Waals surface area contributed by atoms with Crippen LogP contribution in [0.2, 0.25) is 0 Å². The molecule has 4 nitrogen and oxygen atoms in total. The molecule has 0 aliphatic carbocycles. The lowest BCUT2D eigenvalue weighted by Gasteiger charge is -2.03. The van der Waals surface area contributed by atoms with Crippen molar-refractivity contribution < 1.29 is 13.3 Å². The van der Waals surface area contributed by atoms with Gasteiger partial charge in [0.25, 0.3) is 0 Å². The fourth-order valence-electron chi connectivity index (χ4n) is 1.75. The highest BCUT2D eigenvalue weighted by Crippen LogP contribution is 2.16. The molecule has 7 heteroatoms. The number of benzene rings is 1. The second-order valence-electron chi connectivity index (χ2n) is 4.39. The number of halogens is 2. The number of thioether (sulfide) groups is 1. The maximum atomic E-state index is 13.1. The van der Waals surface area contributed by atoms with Crippen LogP contribution in [0.4, 0.5) is 8.78 Å². The van der Waals surface area contributed by atoms with Gasteiger partial charge < -0.3 is 10.3 Å². The van der Waals surface area contributed by atoms with Gasteiger partial charge in [0.05, 0.1) is 6.04 Å². The number of hydrogen-bond acceptors (Lipinski definition) is 5. The molecule has 1 aromatic heterocycles. The summed E-state index contributed by atoms with van der Waals surface area (Å²) in [7, 11) is 0. The number of aromatic nitrogens is 2. The highest BCUT2D eigenvalue weighted by molar-refractivity contribution is 7.98. The maximum Gasteiger partial charge on any atom is 0.243 e. The van der Waals surface area contributed by atoms with Crippen molar-refractivity contribution in [3.8, 4) is 0 Å². The lowest BCUT2D eigenvalue weighted by Crippen LogP contribution is -2.11. The van der Waals surface area contributed by atoms with E-state index in [0.29, 0.717) is 17.3 Å². The molecule has 0 aliphatic heterocycles. The van der Waals surface area contributed by atoms with Gasteiger partial charge in [-0.05, 0) is 36.1 Å². The summed E-state index contributed by atoms with van der Waals surface area (Å²) < 4.78 is 31.2. The molecule has 0 amide bonds. The second-order valence-corrected chi connectivity index (χ2v) is 5.38. The van der Waals surface area contributed by atoms with Crippen LogP contribution >= 0.6 is 11.8 Å². The smallest absolute Gasteiger partial charge is 0.243 e. The maximum absolute atomic E-state index is 13.1. The van der Waals surface area contributed by atoms with Gasteiger partial charge in [-0.3, -0.25) is 0 Å². The molecule has 1 aromatic carbocycles. The quantitative estimate of drug-likeness (QED) is 0.888. The van der Waals surface area contributed by atoms with E-state index in [1.165, 1.54) is 12.1 Å². The van der Waals surface area contributed by atoms with E-state index in [0.717, 1.165) is 18.2 Å². The van der Waals surface area contributed by atoms with Crippen LogP contribution in [0.3, 0.4) is 0 Å². The summed E-state index contributed by atoms with van der Waals surface area (Å²) >= 11 is 1.68. The normalized spacial score (nSPS) is 12.6. The van der Waals surface area contributed by atoms with Crippen molar-refractivity contribution in [1.82, 2.24) is 10.1 Å². The van der Waals surface area contributed by atoms with Crippen LogP contribution in [0, 0.1) is 11.6 Å².